The van der Waals surface area contributed by atoms with Crippen LogP contribution in [0.4, 0.5) is 15.8 Å². The third-order valence-corrected chi connectivity index (χ3v) is 4.58. The van der Waals surface area contributed by atoms with E-state index in [1.807, 2.05) is 32.0 Å². The Morgan fingerprint density at radius 3 is 2.38 bits per heavy atom. The van der Waals surface area contributed by atoms with Crippen molar-refractivity contribution in [1.82, 2.24) is 0 Å². The van der Waals surface area contributed by atoms with Gasteiger partial charge in [0.15, 0.2) is 12.6 Å². The smallest absolute Gasteiger partial charge is 0.282 e. The molecule has 5 nitrogen and oxygen atoms in total. The standard InChI is InChI=1S/C20H24FN3O2/c1-13-8-7-11-17(14(13)2)22-19(25)12-24(4)15(3)20(26)23-18-10-6-5-9-16(18)21/h5-11,15H,12H2,1-4H3,(H,22,25)(H,23,26)/p+1/t15-/m0/s1. The van der Waals surface area contributed by atoms with E-state index in [1.165, 1.54) is 12.1 Å². The van der Waals surface area contributed by atoms with E-state index in [0.717, 1.165) is 16.8 Å². The van der Waals surface area contributed by atoms with Gasteiger partial charge in [0, 0.05) is 5.69 Å². The summed E-state index contributed by atoms with van der Waals surface area (Å²) >= 11 is 0. The Morgan fingerprint density at radius 2 is 1.69 bits per heavy atom. The number of halogens is 1. The second kappa shape index (κ2) is 8.58. The van der Waals surface area contributed by atoms with E-state index in [0.29, 0.717) is 4.90 Å². The zero-order chi connectivity index (χ0) is 19.3. The molecule has 1 unspecified atom stereocenters. The SMILES string of the molecule is Cc1cccc(NC(=O)C[NH+](C)[C@@H](C)C(=O)Nc2ccccc2F)c1C. The van der Waals surface area contributed by atoms with Gasteiger partial charge in [-0.3, -0.25) is 9.59 Å². The summed E-state index contributed by atoms with van der Waals surface area (Å²) < 4.78 is 13.7. The summed E-state index contributed by atoms with van der Waals surface area (Å²) in [7, 11) is 1.76. The van der Waals surface area contributed by atoms with Gasteiger partial charge in [-0.15, -0.1) is 0 Å². The maximum atomic E-state index is 13.7. The molecule has 2 aromatic rings. The third kappa shape index (κ3) is 4.89. The number of carbonyl (C=O) groups is 2. The molecule has 2 atom stereocenters. The summed E-state index contributed by atoms with van der Waals surface area (Å²) in [5.41, 5.74) is 3.02. The number of anilines is 2. The van der Waals surface area contributed by atoms with Crippen LogP contribution in [0.2, 0.25) is 0 Å². The fourth-order valence-corrected chi connectivity index (χ4v) is 2.51. The zero-order valence-corrected chi connectivity index (χ0v) is 15.5. The molecular formula is C20H25FN3O2+. The fourth-order valence-electron chi connectivity index (χ4n) is 2.51. The van der Waals surface area contributed by atoms with Crippen LogP contribution in [-0.2, 0) is 9.59 Å². The van der Waals surface area contributed by atoms with Gasteiger partial charge in [0.05, 0.1) is 12.7 Å². The lowest BCUT2D eigenvalue weighted by molar-refractivity contribution is -0.885. The van der Waals surface area contributed by atoms with E-state index in [4.69, 9.17) is 0 Å². The highest BCUT2D eigenvalue weighted by Crippen LogP contribution is 2.17. The lowest BCUT2D eigenvalue weighted by atomic mass is 10.1. The van der Waals surface area contributed by atoms with Crippen molar-refractivity contribution in [3.05, 3.63) is 59.4 Å². The van der Waals surface area contributed by atoms with Crippen LogP contribution < -0.4 is 15.5 Å². The van der Waals surface area contributed by atoms with E-state index in [2.05, 4.69) is 10.6 Å². The highest BCUT2D eigenvalue weighted by Gasteiger charge is 2.24. The molecule has 6 heteroatoms. The van der Waals surface area contributed by atoms with Crippen molar-refractivity contribution in [1.29, 1.82) is 0 Å². The molecule has 0 bridgehead atoms. The average Bonchev–Trinajstić information content (AvgIpc) is 2.60. The van der Waals surface area contributed by atoms with Crippen molar-refractivity contribution in [2.45, 2.75) is 26.8 Å². The molecule has 138 valence electrons. The van der Waals surface area contributed by atoms with Crippen LogP contribution in [-0.4, -0.2) is 31.4 Å². The van der Waals surface area contributed by atoms with Crippen molar-refractivity contribution in [3.8, 4) is 0 Å². The van der Waals surface area contributed by atoms with Crippen molar-refractivity contribution >= 4 is 23.2 Å². The Labute approximate surface area is 153 Å². The number of amides is 2. The molecule has 0 spiro atoms. The van der Waals surface area contributed by atoms with E-state index < -0.39 is 11.9 Å². The van der Waals surface area contributed by atoms with Crippen molar-refractivity contribution in [2.75, 3.05) is 24.2 Å². The Hall–Kier alpha value is -2.73. The van der Waals surface area contributed by atoms with Crippen LogP contribution in [0.1, 0.15) is 18.1 Å². The number of para-hydroxylation sites is 1. The summed E-state index contributed by atoms with van der Waals surface area (Å²) in [6.45, 7) is 5.76. The number of nitrogens with one attached hydrogen (secondary N) is 3. The fraction of sp³-hybridized carbons (Fsp3) is 0.300. The van der Waals surface area contributed by atoms with Gasteiger partial charge in [-0.1, -0.05) is 24.3 Å². The monoisotopic (exact) mass is 358 g/mol. The minimum atomic E-state index is -0.515. The molecule has 2 rings (SSSR count). The number of hydrogen-bond acceptors (Lipinski definition) is 2. The first-order valence-corrected chi connectivity index (χ1v) is 8.53. The van der Waals surface area contributed by atoms with Gasteiger partial charge in [0.25, 0.3) is 11.8 Å². The summed E-state index contributed by atoms with van der Waals surface area (Å²) in [6.07, 6.45) is 0. The predicted octanol–water partition coefficient (Wildman–Crippen LogP) is 1.92. The Morgan fingerprint density at radius 1 is 1.04 bits per heavy atom. The maximum Gasteiger partial charge on any atom is 0.282 e. The van der Waals surface area contributed by atoms with E-state index >= 15 is 0 Å². The van der Waals surface area contributed by atoms with E-state index in [-0.39, 0.29) is 24.0 Å². The topological polar surface area (TPSA) is 62.6 Å². The second-order valence-corrected chi connectivity index (χ2v) is 6.51. The first kappa shape index (κ1) is 19.6. The summed E-state index contributed by atoms with van der Waals surface area (Å²) in [6, 6.07) is 11.2. The molecule has 0 aliphatic carbocycles. The van der Waals surface area contributed by atoms with E-state index in [9.17, 15) is 14.0 Å². The Kier molecular flexibility index (Phi) is 6.46. The molecule has 0 saturated heterocycles. The minimum Gasteiger partial charge on any atom is -0.321 e. The second-order valence-electron chi connectivity index (χ2n) is 6.51. The highest BCUT2D eigenvalue weighted by atomic mass is 19.1. The number of benzene rings is 2. The molecule has 2 amide bonds. The third-order valence-electron chi connectivity index (χ3n) is 4.58. The van der Waals surface area contributed by atoms with Crippen LogP contribution in [0.25, 0.3) is 0 Å². The van der Waals surface area contributed by atoms with Gasteiger partial charge in [0.2, 0.25) is 0 Å². The van der Waals surface area contributed by atoms with Gasteiger partial charge in [0.1, 0.15) is 5.82 Å². The molecule has 0 heterocycles. The number of hydrogen-bond donors (Lipinski definition) is 3. The minimum absolute atomic E-state index is 0.124. The summed E-state index contributed by atoms with van der Waals surface area (Å²) in [5, 5.41) is 5.45. The van der Waals surface area contributed by atoms with Crippen molar-refractivity contribution < 1.29 is 18.9 Å². The largest absolute Gasteiger partial charge is 0.321 e. The number of quaternary nitrogens is 1. The Bertz CT molecular complexity index is 807. The number of carbonyl (C=O) groups excluding carboxylic acids is 2. The van der Waals surface area contributed by atoms with Gasteiger partial charge < -0.3 is 15.5 Å². The zero-order valence-electron chi connectivity index (χ0n) is 15.5. The molecular weight excluding hydrogens is 333 g/mol. The van der Waals surface area contributed by atoms with Crippen molar-refractivity contribution in [3.63, 3.8) is 0 Å². The van der Waals surface area contributed by atoms with Gasteiger partial charge >= 0.3 is 0 Å². The molecule has 0 radical (unpaired) electrons. The lowest BCUT2D eigenvalue weighted by Gasteiger charge is -2.21. The molecule has 26 heavy (non-hydrogen) atoms. The van der Waals surface area contributed by atoms with Gasteiger partial charge in [-0.25, -0.2) is 4.39 Å². The summed E-state index contributed by atoms with van der Waals surface area (Å²) in [4.78, 5) is 25.3. The highest BCUT2D eigenvalue weighted by molar-refractivity contribution is 5.95. The Balaban J connectivity index is 1.94. The molecule has 0 aliphatic rings. The van der Waals surface area contributed by atoms with Gasteiger partial charge in [-0.2, -0.15) is 0 Å². The quantitative estimate of drug-likeness (QED) is 0.739. The maximum absolute atomic E-state index is 13.7. The molecule has 0 fully saturated rings. The number of likely N-dealkylation sites (N-methyl/N-ethyl adjacent to an activating group) is 1. The lowest BCUT2D eigenvalue weighted by Crippen LogP contribution is -3.14. The van der Waals surface area contributed by atoms with Crippen LogP contribution in [0.3, 0.4) is 0 Å². The summed E-state index contributed by atoms with van der Waals surface area (Å²) in [5.74, 6) is -1.01. The van der Waals surface area contributed by atoms with Gasteiger partial charge in [-0.05, 0) is 50.1 Å². The molecule has 0 aliphatic heterocycles. The van der Waals surface area contributed by atoms with Crippen LogP contribution in [0.5, 0.6) is 0 Å². The van der Waals surface area contributed by atoms with Crippen molar-refractivity contribution in [2.24, 2.45) is 0 Å². The molecule has 3 N–H and O–H groups in total. The van der Waals surface area contributed by atoms with E-state index in [1.54, 1.807) is 26.1 Å². The normalized spacial score (nSPS) is 13.0. The number of rotatable bonds is 6. The first-order chi connectivity index (χ1) is 12.3. The predicted molar refractivity (Wildman–Crippen MR) is 101 cm³/mol. The molecule has 0 aromatic heterocycles. The van der Waals surface area contributed by atoms with Crippen LogP contribution in [0.15, 0.2) is 42.5 Å². The first-order valence-electron chi connectivity index (χ1n) is 8.53. The van der Waals surface area contributed by atoms with Crippen LogP contribution in [0, 0.1) is 19.7 Å². The average molecular weight is 358 g/mol. The molecule has 2 aromatic carbocycles. The molecule has 0 saturated carbocycles. The van der Waals surface area contributed by atoms with Crippen LogP contribution >= 0.6 is 0 Å². The number of aryl methyl sites for hydroxylation is 1.